The predicted molar refractivity (Wildman–Crippen MR) is 107 cm³/mol. The third kappa shape index (κ3) is 4.95. The highest BCUT2D eigenvalue weighted by Crippen LogP contribution is 2.22. The largest absolute Gasteiger partial charge is 0.382 e. The topological polar surface area (TPSA) is 60.5 Å². The Labute approximate surface area is 155 Å². The van der Waals surface area contributed by atoms with E-state index in [1.54, 1.807) is 12.4 Å². The molecule has 1 amide bonds. The first-order valence-corrected chi connectivity index (χ1v) is 9.12. The van der Waals surface area contributed by atoms with Crippen molar-refractivity contribution < 1.29 is 4.79 Å². The number of likely N-dealkylation sites (N-methyl/N-ethyl adjacent to an activating group) is 1. The van der Waals surface area contributed by atoms with Crippen LogP contribution in [0.4, 0.5) is 17.1 Å². The first-order chi connectivity index (χ1) is 12.6. The molecule has 0 atom stereocenters. The number of hydrogen-bond acceptors (Lipinski definition) is 5. The second kappa shape index (κ2) is 8.67. The van der Waals surface area contributed by atoms with E-state index in [0.29, 0.717) is 5.56 Å². The van der Waals surface area contributed by atoms with Crippen molar-refractivity contribution in [2.24, 2.45) is 0 Å². The molecule has 0 bridgehead atoms. The molecule has 0 saturated carbocycles. The monoisotopic (exact) mass is 353 g/mol. The lowest BCUT2D eigenvalue weighted by Crippen LogP contribution is -2.21. The molecule has 2 heterocycles. The van der Waals surface area contributed by atoms with Gasteiger partial charge in [-0.2, -0.15) is 0 Å². The van der Waals surface area contributed by atoms with Crippen molar-refractivity contribution in [1.29, 1.82) is 0 Å². The van der Waals surface area contributed by atoms with Gasteiger partial charge in [0, 0.05) is 49.9 Å². The van der Waals surface area contributed by atoms with Gasteiger partial charge in [0.1, 0.15) is 0 Å². The smallest absolute Gasteiger partial charge is 0.257 e. The molecule has 1 saturated heterocycles. The van der Waals surface area contributed by atoms with Gasteiger partial charge in [0.25, 0.3) is 5.91 Å². The first-order valence-electron chi connectivity index (χ1n) is 9.12. The fourth-order valence-corrected chi connectivity index (χ4v) is 3.02. The van der Waals surface area contributed by atoms with Crippen LogP contribution in [0, 0.1) is 0 Å². The van der Waals surface area contributed by atoms with Gasteiger partial charge >= 0.3 is 0 Å². The maximum absolute atomic E-state index is 12.5. The summed E-state index contributed by atoms with van der Waals surface area (Å²) < 4.78 is 0. The number of nitrogens with zero attached hydrogens (tertiary/aromatic N) is 3. The summed E-state index contributed by atoms with van der Waals surface area (Å²) in [4.78, 5) is 21.1. The molecule has 1 aliphatic heterocycles. The summed E-state index contributed by atoms with van der Waals surface area (Å²) in [5, 5.41) is 6.23. The zero-order valence-electron chi connectivity index (χ0n) is 15.5. The minimum Gasteiger partial charge on any atom is -0.382 e. The van der Waals surface area contributed by atoms with E-state index < -0.39 is 0 Å². The Morgan fingerprint density at radius 2 is 1.85 bits per heavy atom. The Bertz CT molecular complexity index is 723. The standard InChI is InChI=1S/C20H27N5O/c1-24(2)12-9-22-18-13-16(14-21-15-18)20(26)23-17-5-7-19(8-6-17)25-10-3-4-11-25/h5-8,13-15,22H,3-4,9-12H2,1-2H3,(H,23,26). The Morgan fingerprint density at radius 3 is 2.54 bits per heavy atom. The fourth-order valence-electron chi connectivity index (χ4n) is 3.02. The Kier molecular flexibility index (Phi) is 6.07. The summed E-state index contributed by atoms with van der Waals surface area (Å²) in [5.41, 5.74) is 3.41. The summed E-state index contributed by atoms with van der Waals surface area (Å²) in [6.45, 7) is 3.95. The van der Waals surface area contributed by atoms with Crippen molar-refractivity contribution in [3.8, 4) is 0 Å². The number of nitrogens with one attached hydrogen (secondary N) is 2. The predicted octanol–water partition coefficient (Wildman–Crippen LogP) is 2.91. The molecule has 0 aliphatic carbocycles. The number of pyridine rings is 1. The molecule has 0 unspecified atom stereocenters. The van der Waals surface area contributed by atoms with Gasteiger partial charge in [0.05, 0.1) is 11.3 Å². The minimum atomic E-state index is -0.150. The van der Waals surface area contributed by atoms with E-state index in [4.69, 9.17) is 0 Å². The normalized spacial score (nSPS) is 13.9. The number of carbonyl (C=O) groups excluding carboxylic acids is 1. The minimum absolute atomic E-state index is 0.150. The van der Waals surface area contributed by atoms with Crippen molar-refractivity contribution in [3.63, 3.8) is 0 Å². The van der Waals surface area contributed by atoms with Crippen LogP contribution in [0.2, 0.25) is 0 Å². The van der Waals surface area contributed by atoms with Crippen LogP contribution in [0.15, 0.2) is 42.7 Å². The molecule has 138 valence electrons. The lowest BCUT2D eigenvalue weighted by atomic mass is 10.2. The van der Waals surface area contributed by atoms with E-state index in [1.165, 1.54) is 18.5 Å². The highest BCUT2D eigenvalue weighted by Gasteiger charge is 2.12. The second-order valence-electron chi connectivity index (χ2n) is 6.89. The molecule has 6 nitrogen and oxygen atoms in total. The summed E-state index contributed by atoms with van der Waals surface area (Å²) in [7, 11) is 4.05. The molecule has 3 rings (SSSR count). The van der Waals surface area contributed by atoms with Crippen LogP contribution in [0.25, 0.3) is 0 Å². The summed E-state index contributed by atoms with van der Waals surface area (Å²) in [5.74, 6) is -0.150. The second-order valence-corrected chi connectivity index (χ2v) is 6.89. The van der Waals surface area contributed by atoms with Crippen LogP contribution in [-0.4, -0.2) is 56.1 Å². The quantitative estimate of drug-likeness (QED) is 0.801. The number of rotatable bonds is 7. The van der Waals surface area contributed by atoms with E-state index in [-0.39, 0.29) is 5.91 Å². The molecule has 1 fully saturated rings. The van der Waals surface area contributed by atoms with Gasteiger partial charge in [-0.1, -0.05) is 0 Å². The molecule has 1 aliphatic rings. The SMILES string of the molecule is CN(C)CCNc1cncc(C(=O)Nc2ccc(N3CCCC3)cc2)c1. The van der Waals surface area contributed by atoms with Gasteiger partial charge in [-0.15, -0.1) is 0 Å². The van der Waals surface area contributed by atoms with Crippen LogP contribution in [0.3, 0.4) is 0 Å². The molecular weight excluding hydrogens is 326 g/mol. The number of amides is 1. The van der Waals surface area contributed by atoms with Crippen LogP contribution in [0.1, 0.15) is 23.2 Å². The van der Waals surface area contributed by atoms with Gasteiger partial charge in [0.2, 0.25) is 0 Å². The zero-order chi connectivity index (χ0) is 18.4. The van der Waals surface area contributed by atoms with E-state index in [9.17, 15) is 4.79 Å². The number of carbonyl (C=O) groups is 1. The van der Waals surface area contributed by atoms with Crippen molar-refractivity contribution in [1.82, 2.24) is 9.88 Å². The van der Waals surface area contributed by atoms with Crippen molar-refractivity contribution in [2.45, 2.75) is 12.8 Å². The first kappa shape index (κ1) is 18.2. The molecule has 6 heteroatoms. The fraction of sp³-hybridized carbons (Fsp3) is 0.400. The third-order valence-corrected chi connectivity index (χ3v) is 4.48. The van der Waals surface area contributed by atoms with Gasteiger partial charge in [0.15, 0.2) is 0 Å². The van der Waals surface area contributed by atoms with E-state index in [1.807, 2.05) is 32.3 Å². The van der Waals surface area contributed by atoms with Crippen molar-refractivity contribution in [2.75, 3.05) is 55.8 Å². The van der Waals surface area contributed by atoms with Crippen LogP contribution < -0.4 is 15.5 Å². The van der Waals surface area contributed by atoms with E-state index >= 15 is 0 Å². The van der Waals surface area contributed by atoms with Gasteiger partial charge in [-0.3, -0.25) is 9.78 Å². The number of hydrogen-bond donors (Lipinski definition) is 2. The van der Waals surface area contributed by atoms with Crippen molar-refractivity contribution >= 4 is 23.0 Å². The molecule has 0 radical (unpaired) electrons. The number of aromatic nitrogens is 1. The van der Waals surface area contributed by atoms with Crippen molar-refractivity contribution in [3.05, 3.63) is 48.3 Å². The maximum atomic E-state index is 12.5. The molecule has 2 N–H and O–H groups in total. The van der Waals surface area contributed by atoms with Gasteiger partial charge in [-0.25, -0.2) is 0 Å². The lowest BCUT2D eigenvalue weighted by Gasteiger charge is -2.17. The average molecular weight is 353 g/mol. The third-order valence-electron chi connectivity index (χ3n) is 4.48. The van der Waals surface area contributed by atoms with Gasteiger partial charge in [-0.05, 0) is 57.3 Å². The lowest BCUT2D eigenvalue weighted by molar-refractivity contribution is 0.102. The van der Waals surface area contributed by atoms with Crippen LogP contribution >= 0.6 is 0 Å². The van der Waals surface area contributed by atoms with E-state index in [2.05, 4.69) is 37.6 Å². The molecular formula is C20H27N5O. The Morgan fingerprint density at radius 1 is 1.12 bits per heavy atom. The average Bonchev–Trinajstić information content (AvgIpc) is 3.17. The van der Waals surface area contributed by atoms with Crippen LogP contribution in [-0.2, 0) is 0 Å². The zero-order valence-corrected chi connectivity index (χ0v) is 15.5. The molecule has 0 spiro atoms. The molecule has 2 aromatic rings. The van der Waals surface area contributed by atoms with E-state index in [0.717, 1.165) is 37.6 Å². The Balaban J connectivity index is 1.58. The molecule has 1 aromatic carbocycles. The summed E-state index contributed by atoms with van der Waals surface area (Å²) in [6.07, 6.45) is 5.83. The molecule has 26 heavy (non-hydrogen) atoms. The number of benzene rings is 1. The van der Waals surface area contributed by atoms with Gasteiger partial charge < -0.3 is 20.4 Å². The highest BCUT2D eigenvalue weighted by atomic mass is 16.1. The summed E-state index contributed by atoms with van der Waals surface area (Å²) in [6, 6.07) is 9.88. The molecule has 1 aromatic heterocycles. The maximum Gasteiger partial charge on any atom is 0.257 e. The van der Waals surface area contributed by atoms with Crippen LogP contribution in [0.5, 0.6) is 0 Å². The Hall–Kier alpha value is -2.60. The number of anilines is 3. The summed E-state index contributed by atoms with van der Waals surface area (Å²) >= 11 is 0. The highest BCUT2D eigenvalue weighted by molar-refractivity contribution is 6.04.